The third-order valence-corrected chi connectivity index (χ3v) is 4.67. The molecule has 1 heterocycles. The molecule has 0 aromatic carbocycles. The zero-order valence-corrected chi connectivity index (χ0v) is 10.2. The first-order valence-electron chi connectivity index (χ1n) is 6.54. The molecule has 4 heteroatoms. The minimum atomic E-state index is -0.474. The van der Waals surface area contributed by atoms with Crippen molar-refractivity contribution in [1.29, 1.82) is 0 Å². The largest absolute Gasteiger partial charge is 0.458 e. The van der Waals surface area contributed by atoms with Gasteiger partial charge in [0.05, 0.1) is 13.2 Å². The normalized spacial score (nSPS) is 45.9. The summed E-state index contributed by atoms with van der Waals surface area (Å²) in [5.74, 6) is 0.434. The molecule has 0 radical (unpaired) electrons. The van der Waals surface area contributed by atoms with Crippen LogP contribution in [0.3, 0.4) is 0 Å². The fraction of sp³-hybridized carbons (Fsp3) is 0.643. The predicted octanol–water partition coefficient (Wildman–Crippen LogP) is 1.28. The molecule has 0 aromatic heterocycles. The van der Waals surface area contributed by atoms with Crippen molar-refractivity contribution in [1.82, 2.24) is 0 Å². The molecule has 1 aliphatic heterocycles. The maximum Gasteiger partial charge on any atom is 0.303 e. The molecule has 4 rings (SSSR count). The number of ether oxygens (including phenoxy) is 3. The fourth-order valence-electron chi connectivity index (χ4n) is 4.18. The summed E-state index contributed by atoms with van der Waals surface area (Å²) < 4.78 is 17.2. The van der Waals surface area contributed by atoms with E-state index < -0.39 is 5.79 Å². The molecule has 1 saturated carbocycles. The van der Waals surface area contributed by atoms with Crippen molar-refractivity contribution in [2.24, 2.45) is 23.7 Å². The van der Waals surface area contributed by atoms with E-state index in [2.05, 4.69) is 18.2 Å². The van der Waals surface area contributed by atoms with Crippen LogP contribution in [0.15, 0.2) is 24.3 Å². The Morgan fingerprint density at radius 3 is 2.61 bits per heavy atom. The van der Waals surface area contributed by atoms with E-state index in [9.17, 15) is 4.79 Å². The van der Waals surface area contributed by atoms with Gasteiger partial charge in [-0.1, -0.05) is 18.2 Å². The van der Waals surface area contributed by atoms with E-state index in [0.717, 1.165) is 0 Å². The van der Waals surface area contributed by atoms with Gasteiger partial charge in [-0.3, -0.25) is 4.79 Å². The van der Waals surface area contributed by atoms with Crippen molar-refractivity contribution in [3.63, 3.8) is 0 Å². The summed E-state index contributed by atoms with van der Waals surface area (Å²) in [6, 6.07) is 0. The molecule has 0 unspecified atom stereocenters. The highest BCUT2D eigenvalue weighted by Crippen LogP contribution is 2.61. The molecule has 2 bridgehead atoms. The smallest absolute Gasteiger partial charge is 0.303 e. The molecule has 1 saturated heterocycles. The number of hydrogen-bond acceptors (Lipinski definition) is 4. The highest BCUT2D eigenvalue weighted by molar-refractivity contribution is 5.66. The average molecular weight is 248 g/mol. The van der Waals surface area contributed by atoms with E-state index in [0.29, 0.717) is 19.1 Å². The highest BCUT2D eigenvalue weighted by Gasteiger charge is 2.67. The standard InChI is InChI=1S/C14H16O4/c1-8(15)18-12-5-2-9-10-3-4-11(13(9)12)14(10)16-6-7-17-14/h2-5,9-13H,6-7H2,1H3/t9-,10-,11-,12+,13+/m0/s1. The van der Waals surface area contributed by atoms with Crippen LogP contribution in [0, 0.1) is 23.7 Å². The first-order chi connectivity index (χ1) is 8.72. The van der Waals surface area contributed by atoms with Crippen LogP contribution in [-0.4, -0.2) is 31.1 Å². The summed E-state index contributed by atoms with van der Waals surface area (Å²) >= 11 is 0. The maximum absolute atomic E-state index is 11.2. The summed E-state index contributed by atoms with van der Waals surface area (Å²) in [7, 11) is 0. The van der Waals surface area contributed by atoms with Crippen LogP contribution in [0.1, 0.15) is 6.92 Å². The van der Waals surface area contributed by atoms with Crippen LogP contribution >= 0.6 is 0 Å². The fourth-order valence-corrected chi connectivity index (χ4v) is 4.18. The minimum Gasteiger partial charge on any atom is -0.458 e. The maximum atomic E-state index is 11.2. The van der Waals surface area contributed by atoms with Crippen LogP contribution in [0.4, 0.5) is 0 Å². The molecule has 96 valence electrons. The molecule has 18 heavy (non-hydrogen) atoms. The molecule has 0 N–H and O–H groups in total. The molecule has 0 aromatic rings. The summed E-state index contributed by atoms with van der Waals surface area (Å²) in [5, 5.41) is 0. The SMILES string of the molecule is CC(=O)O[C@@H]1C=C[C@@H]2[C@@H]1[C@@H]1C=C[C@@H]2C12OCCO2. The first-order valence-corrected chi connectivity index (χ1v) is 6.54. The summed E-state index contributed by atoms with van der Waals surface area (Å²) in [4.78, 5) is 11.2. The van der Waals surface area contributed by atoms with Gasteiger partial charge >= 0.3 is 5.97 Å². The van der Waals surface area contributed by atoms with E-state index in [4.69, 9.17) is 14.2 Å². The van der Waals surface area contributed by atoms with Crippen molar-refractivity contribution in [3.8, 4) is 0 Å². The van der Waals surface area contributed by atoms with Gasteiger partial charge in [-0.15, -0.1) is 0 Å². The van der Waals surface area contributed by atoms with Gasteiger partial charge in [-0.05, 0) is 12.0 Å². The van der Waals surface area contributed by atoms with Gasteiger partial charge in [0, 0.05) is 24.7 Å². The quantitative estimate of drug-likeness (QED) is 0.518. The van der Waals surface area contributed by atoms with Crippen molar-refractivity contribution in [3.05, 3.63) is 24.3 Å². The van der Waals surface area contributed by atoms with E-state index in [-0.39, 0.29) is 29.8 Å². The third-order valence-electron chi connectivity index (χ3n) is 4.67. The van der Waals surface area contributed by atoms with Gasteiger partial charge in [0.15, 0.2) is 5.79 Å². The Balaban J connectivity index is 1.67. The van der Waals surface area contributed by atoms with Crippen molar-refractivity contribution < 1.29 is 19.0 Å². The van der Waals surface area contributed by atoms with Gasteiger partial charge in [-0.2, -0.15) is 0 Å². The first kappa shape index (κ1) is 10.8. The topological polar surface area (TPSA) is 44.8 Å². The number of carbonyl (C=O) groups is 1. The van der Waals surface area contributed by atoms with Crippen LogP contribution in [0.25, 0.3) is 0 Å². The molecule has 4 nitrogen and oxygen atoms in total. The summed E-state index contributed by atoms with van der Waals surface area (Å²) in [6.45, 7) is 2.79. The van der Waals surface area contributed by atoms with Gasteiger partial charge < -0.3 is 14.2 Å². The van der Waals surface area contributed by atoms with Crippen LogP contribution < -0.4 is 0 Å². The number of rotatable bonds is 1. The van der Waals surface area contributed by atoms with E-state index in [1.165, 1.54) is 6.92 Å². The second-order valence-electron chi connectivity index (χ2n) is 5.47. The van der Waals surface area contributed by atoms with E-state index >= 15 is 0 Å². The van der Waals surface area contributed by atoms with Crippen LogP contribution in [0.2, 0.25) is 0 Å². The number of allylic oxidation sites excluding steroid dienone is 1. The Bertz CT molecular complexity index is 447. The van der Waals surface area contributed by atoms with E-state index in [1.807, 2.05) is 6.08 Å². The lowest BCUT2D eigenvalue weighted by atomic mass is 9.84. The Morgan fingerprint density at radius 2 is 1.89 bits per heavy atom. The highest BCUT2D eigenvalue weighted by atomic mass is 16.7. The number of carbonyl (C=O) groups excluding carboxylic acids is 1. The Morgan fingerprint density at radius 1 is 1.17 bits per heavy atom. The zero-order chi connectivity index (χ0) is 12.3. The van der Waals surface area contributed by atoms with Crippen LogP contribution in [-0.2, 0) is 19.0 Å². The second kappa shape index (κ2) is 3.45. The molecule has 1 spiro atoms. The van der Waals surface area contributed by atoms with Crippen molar-refractivity contribution >= 4 is 5.97 Å². The molecule has 5 atom stereocenters. The minimum absolute atomic E-state index is 0.128. The second-order valence-corrected chi connectivity index (χ2v) is 5.47. The predicted molar refractivity (Wildman–Crippen MR) is 62.4 cm³/mol. The number of hydrogen-bond donors (Lipinski definition) is 0. The van der Waals surface area contributed by atoms with E-state index in [1.54, 1.807) is 0 Å². The lowest BCUT2D eigenvalue weighted by Gasteiger charge is -2.30. The number of esters is 1. The lowest BCUT2D eigenvalue weighted by Crippen LogP contribution is -2.39. The molecule has 4 aliphatic rings. The summed E-state index contributed by atoms with van der Waals surface area (Å²) in [6.07, 6.45) is 8.44. The monoisotopic (exact) mass is 248 g/mol. The van der Waals surface area contributed by atoms with Crippen LogP contribution in [0.5, 0.6) is 0 Å². The van der Waals surface area contributed by atoms with Crippen molar-refractivity contribution in [2.75, 3.05) is 13.2 Å². The van der Waals surface area contributed by atoms with Gasteiger partial charge in [0.25, 0.3) is 0 Å². The molecule has 3 aliphatic carbocycles. The van der Waals surface area contributed by atoms with Crippen molar-refractivity contribution in [2.45, 2.75) is 18.8 Å². The molecular formula is C14H16O4. The Hall–Kier alpha value is -1.13. The van der Waals surface area contributed by atoms with Gasteiger partial charge in [0.1, 0.15) is 6.10 Å². The number of fused-ring (bicyclic) bond motifs is 3. The summed E-state index contributed by atoms with van der Waals surface area (Å²) in [5.41, 5.74) is 0. The molecular weight excluding hydrogens is 232 g/mol. The lowest BCUT2D eigenvalue weighted by molar-refractivity contribution is -0.190. The Labute approximate surface area is 106 Å². The van der Waals surface area contributed by atoms with Gasteiger partial charge in [-0.25, -0.2) is 0 Å². The zero-order valence-electron chi connectivity index (χ0n) is 10.2. The Kier molecular flexibility index (Phi) is 2.07. The van der Waals surface area contributed by atoms with Gasteiger partial charge in [0.2, 0.25) is 0 Å². The average Bonchev–Trinajstić information content (AvgIpc) is 3.05. The molecule has 2 fully saturated rings. The third kappa shape index (κ3) is 1.15. The molecule has 0 amide bonds.